The van der Waals surface area contributed by atoms with Crippen molar-refractivity contribution >= 4 is 15.9 Å². The van der Waals surface area contributed by atoms with Gasteiger partial charge in [-0.1, -0.05) is 24.6 Å². The summed E-state index contributed by atoms with van der Waals surface area (Å²) in [6.45, 7) is 3.80. The first-order chi connectivity index (χ1) is 8.46. The molecule has 98 valence electrons. The zero-order valence-corrected chi connectivity index (χ0v) is 11.4. The van der Waals surface area contributed by atoms with Crippen LogP contribution >= 0.6 is 0 Å². The minimum Gasteiger partial charge on any atom is -0.274 e. The molecule has 1 aliphatic rings. The van der Waals surface area contributed by atoms with E-state index < -0.39 is 10.0 Å². The molecule has 0 radical (unpaired) electrons. The van der Waals surface area contributed by atoms with Crippen LogP contribution in [0, 0.1) is 6.92 Å². The van der Waals surface area contributed by atoms with E-state index in [0.29, 0.717) is 19.3 Å². The molecule has 4 nitrogen and oxygen atoms in total. The van der Waals surface area contributed by atoms with Crippen LogP contribution in [0.4, 0.5) is 0 Å². The summed E-state index contributed by atoms with van der Waals surface area (Å²) in [6.07, 6.45) is 1.61. The van der Waals surface area contributed by atoms with Crippen molar-refractivity contribution in [1.82, 2.24) is 4.31 Å². The van der Waals surface area contributed by atoms with E-state index in [1.54, 1.807) is 24.3 Å². The number of sulfonamides is 1. The van der Waals surface area contributed by atoms with Gasteiger partial charge in [0.25, 0.3) is 10.0 Å². The molecule has 1 atom stereocenters. The normalized spacial score (nSPS) is 20.4. The standard InChI is InChI=1S/C13H17NO3S/c1-3-11-6-9-13(15)14(11)18(16,17)12-7-4-10(2)5-8-12/h4-5,7-8,11H,3,6,9H2,1-2H3. The van der Waals surface area contributed by atoms with Gasteiger partial charge in [-0.25, -0.2) is 12.7 Å². The molecule has 0 aliphatic carbocycles. The van der Waals surface area contributed by atoms with Crippen molar-refractivity contribution in [3.05, 3.63) is 29.8 Å². The zero-order chi connectivity index (χ0) is 13.3. The van der Waals surface area contributed by atoms with E-state index in [4.69, 9.17) is 0 Å². The van der Waals surface area contributed by atoms with Crippen LogP contribution in [0.2, 0.25) is 0 Å². The third-order valence-corrected chi connectivity index (χ3v) is 5.21. The topological polar surface area (TPSA) is 54.5 Å². The molecule has 18 heavy (non-hydrogen) atoms. The predicted octanol–water partition coefficient (Wildman–Crippen LogP) is 2.08. The first-order valence-corrected chi connectivity index (χ1v) is 7.54. The fourth-order valence-corrected chi connectivity index (χ4v) is 3.96. The molecule has 1 aromatic carbocycles. The molecule has 0 aromatic heterocycles. The fraction of sp³-hybridized carbons (Fsp3) is 0.462. The summed E-state index contributed by atoms with van der Waals surface area (Å²) in [6, 6.07) is 6.41. The average molecular weight is 267 g/mol. The van der Waals surface area contributed by atoms with Crippen LogP contribution < -0.4 is 0 Å². The summed E-state index contributed by atoms with van der Waals surface area (Å²) in [7, 11) is -3.68. The van der Waals surface area contributed by atoms with Gasteiger partial charge in [-0.05, 0) is 31.9 Å². The van der Waals surface area contributed by atoms with E-state index in [0.717, 1.165) is 9.87 Å². The van der Waals surface area contributed by atoms with E-state index in [1.165, 1.54) is 0 Å². The van der Waals surface area contributed by atoms with Crippen LogP contribution in [0.1, 0.15) is 31.7 Å². The van der Waals surface area contributed by atoms with Crippen molar-refractivity contribution in [2.45, 2.75) is 44.0 Å². The summed E-state index contributed by atoms with van der Waals surface area (Å²) in [5.41, 5.74) is 0.994. The number of rotatable bonds is 3. The molecule has 1 aliphatic heterocycles. The first-order valence-electron chi connectivity index (χ1n) is 6.10. The Kier molecular flexibility index (Phi) is 3.43. The Hall–Kier alpha value is -1.36. The second-order valence-electron chi connectivity index (χ2n) is 4.61. The van der Waals surface area contributed by atoms with Crippen LogP contribution in [-0.4, -0.2) is 24.7 Å². The van der Waals surface area contributed by atoms with Crippen molar-refractivity contribution in [3.63, 3.8) is 0 Å². The minimum atomic E-state index is -3.68. The van der Waals surface area contributed by atoms with Gasteiger partial charge in [0.15, 0.2) is 0 Å². The molecular formula is C13H17NO3S. The Bertz CT molecular complexity index is 548. The molecule has 1 saturated heterocycles. The average Bonchev–Trinajstić information content (AvgIpc) is 2.71. The van der Waals surface area contributed by atoms with E-state index >= 15 is 0 Å². The lowest BCUT2D eigenvalue weighted by Gasteiger charge is -2.23. The highest BCUT2D eigenvalue weighted by Gasteiger charge is 2.39. The van der Waals surface area contributed by atoms with Crippen LogP contribution in [0.25, 0.3) is 0 Å². The highest BCUT2D eigenvalue weighted by molar-refractivity contribution is 7.89. The third kappa shape index (κ3) is 2.14. The van der Waals surface area contributed by atoms with Gasteiger partial charge in [-0.15, -0.1) is 0 Å². The van der Waals surface area contributed by atoms with Gasteiger partial charge in [0, 0.05) is 12.5 Å². The van der Waals surface area contributed by atoms with Crippen LogP contribution in [0.5, 0.6) is 0 Å². The molecule has 0 N–H and O–H groups in total. The monoisotopic (exact) mass is 267 g/mol. The first kappa shape index (κ1) is 13.1. The van der Waals surface area contributed by atoms with Gasteiger partial charge in [-0.3, -0.25) is 4.79 Å². The van der Waals surface area contributed by atoms with Gasteiger partial charge >= 0.3 is 0 Å². The fourth-order valence-electron chi connectivity index (χ4n) is 2.25. The van der Waals surface area contributed by atoms with Gasteiger partial charge in [0.2, 0.25) is 5.91 Å². The molecular weight excluding hydrogens is 250 g/mol. The Balaban J connectivity index is 2.41. The molecule has 1 unspecified atom stereocenters. The van der Waals surface area contributed by atoms with Gasteiger partial charge in [0.05, 0.1) is 4.90 Å². The quantitative estimate of drug-likeness (QED) is 0.842. The molecule has 0 spiro atoms. The maximum absolute atomic E-state index is 12.4. The molecule has 1 heterocycles. The predicted molar refractivity (Wildman–Crippen MR) is 68.5 cm³/mol. The van der Waals surface area contributed by atoms with Gasteiger partial charge in [0.1, 0.15) is 0 Å². The summed E-state index contributed by atoms with van der Waals surface area (Å²) in [4.78, 5) is 12.0. The Morgan fingerprint density at radius 2 is 1.89 bits per heavy atom. The van der Waals surface area contributed by atoms with E-state index in [2.05, 4.69) is 0 Å². The highest BCUT2D eigenvalue weighted by Crippen LogP contribution is 2.28. The summed E-state index contributed by atoms with van der Waals surface area (Å²) in [5.74, 6) is -0.289. The van der Waals surface area contributed by atoms with Gasteiger partial charge in [-0.2, -0.15) is 0 Å². The Labute approximate surface area is 108 Å². The van der Waals surface area contributed by atoms with Gasteiger partial charge < -0.3 is 0 Å². The zero-order valence-electron chi connectivity index (χ0n) is 10.6. The van der Waals surface area contributed by atoms with Crippen LogP contribution in [-0.2, 0) is 14.8 Å². The molecule has 1 fully saturated rings. The van der Waals surface area contributed by atoms with Crippen molar-refractivity contribution in [2.75, 3.05) is 0 Å². The molecule has 1 amide bonds. The highest BCUT2D eigenvalue weighted by atomic mass is 32.2. The number of amides is 1. The molecule has 2 rings (SSSR count). The second-order valence-corrected chi connectivity index (χ2v) is 6.42. The van der Waals surface area contributed by atoms with E-state index in [-0.39, 0.29) is 16.8 Å². The van der Waals surface area contributed by atoms with Crippen molar-refractivity contribution in [2.24, 2.45) is 0 Å². The summed E-state index contributed by atoms with van der Waals surface area (Å²) < 4.78 is 25.9. The number of nitrogens with zero attached hydrogens (tertiary/aromatic N) is 1. The molecule has 0 saturated carbocycles. The van der Waals surface area contributed by atoms with E-state index in [1.807, 2.05) is 13.8 Å². The lowest BCUT2D eigenvalue weighted by atomic mass is 10.2. The Morgan fingerprint density at radius 3 is 2.44 bits per heavy atom. The number of aryl methyl sites for hydroxylation is 1. The van der Waals surface area contributed by atoms with Crippen LogP contribution in [0.15, 0.2) is 29.2 Å². The molecule has 1 aromatic rings. The Morgan fingerprint density at radius 1 is 1.28 bits per heavy atom. The number of carbonyl (C=O) groups excluding carboxylic acids is 1. The second kappa shape index (κ2) is 4.72. The van der Waals surface area contributed by atoms with Crippen LogP contribution in [0.3, 0.4) is 0 Å². The summed E-state index contributed by atoms with van der Waals surface area (Å²) in [5, 5.41) is 0. The molecule has 5 heteroatoms. The summed E-state index contributed by atoms with van der Waals surface area (Å²) >= 11 is 0. The van der Waals surface area contributed by atoms with Crippen molar-refractivity contribution in [1.29, 1.82) is 0 Å². The maximum atomic E-state index is 12.4. The SMILES string of the molecule is CCC1CCC(=O)N1S(=O)(=O)c1ccc(C)cc1. The number of benzene rings is 1. The largest absolute Gasteiger partial charge is 0.274 e. The van der Waals surface area contributed by atoms with E-state index in [9.17, 15) is 13.2 Å². The minimum absolute atomic E-state index is 0.191. The third-order valence-electron chi connectivity index (χ3n) is 3.32. The molecule has 0 bridgehead atoms. The van der Waals surface area contributed by atoms with Crippen molar-refractivity contribution in [3.8, 4) is 0 Å². The maximum Gasteiger partial charge on any atom is 0.266 e. The number of carbonyl (C=O) groups is 1. The van der Waals surface area contributed by atoms with Crippen molar-refractivity contribution < 1.29 is 13.2 Å². The smallest absolute Gasteiger partial charge is 0.266 e. The lowest BCUT2D eigenvalue weighted by molar-refractivity contribution is -0.124. The number of hydrogen-bond donors (Lipinski definition) is 0. The lowest BCUT2D eigenvalue weighted by Crippen LogP contribution is -2.38. The number of hydrogen-bond acceptors (Lipinski definition) is 3.